The number of ether oxygens (including phenoxy) is 1. The summed E-state index contributed by atoms with van der Waals surface area (Å²) in [4.78, 5) is 29.4. The first-order valence-corrected chi connectivity index (χ1v) is 12.1. The molecule has 3 aromatic rings. The van der Waals surface area contributed by atoms with Gasteiger partial charge in [-0.2, -0.15) is 0 Å². The van der Waals surface area contributed by atoms with Crippen molar-refractivity contribution >= 4 is 22.9 Å². The first-order valence-electron chi connectivity index (χ1n) is 12.1. The van der Waals surface area contributed by atoms with E-state index in [1.807, 2.05) is 41.8 Å². The fourth-order valence-corrected chi connectivity index (χ4v) is 5.54. The molecule has 2 aromatic heterocycles. The van der Waals surface area contributed by atoms with Gasteiger partial charge in [-0.15, -0.1) is 0 Å². The lowest BCUT2D eigenvalue weighted by atomic mass is 9.77. The summed E-state index contributed by atoms with van der Waals surface area (Å²) in [5.74, 6) is 1.45. The fraction of sp³-hybridized carbons (Fsp3) is 0.481. The van der Waals surface area contributed by atoms with E-state index in [4.69, 9.17) is 9.15 Å². The van der Waals surface area contributed by atoms with Crippen LogP contribution in [0.4, 0.5) is 0 Å². The summed E-state index contributed by atoms with van der Waals surface area (Å²) in [5.41, 5.74) is 1.94. The standard InChI is InChI=1S/C27H33N3O4/c1-17-6-5-7-21(18(17)2)28-26(32)27(3)16-29-22-12-13-34-24(22)14-23(29)25(31)30(27)15-19-8-10-20(33-4)11-9-19/h8-14,17-18,21H,5-7,15-16H2,1-4H3,(H,28,32)/t17-,18+,21+,27+/m0/s1. The number of nitrogens with one attached hydrogen (secondary N) is 1. The van der Waals surface area contributed by atoms with E-state index in [1.54, 1.807) is 24.3 Å². The predicted octanol–water partition coefficient (Wildman–Crippen LogP) is 4.60. The molecule has 7 heteroatoms. The summed E-state index contributed by atoms with van der Waals surface area (Å²) in [5, 5.41) is 3.34. The summed E-state index contributed by atoms with van der Waals surface area (Å²) < 4.78 is 12.8. The molecule has 1 fully saturated rings. The van der Waals surface area contributed by atoms with Crippen molar-refractivity contribution in [1.82, 2.24) is 14.8 Å². The van der Waals surface area contributed by atoms with E-state index in [2.05, 4.69) is 19.2 Å². The molecule has 2 aliphatic rings. The van der Waals surface area contributed by atoms with Gasteiger partial charge in [0.25, 0.3) is 5.91 Å². The molecule has 1 aliphatic carbocycles. The molecule has 2 amide bonds. The van der Waals surface area contributed by atoms with Crippen LogP contribution in [0.15, 0.2) is 47.1 Å². The molecule has 3 heterocycles. The van der Waals surface area contributed by atoms with Crippen molar-refractivity contribution in [3.05, 3.63) is 53.9 Å². The van der Waals surface area contributed by atoms with Gasteiger partial charge in [0.2, 0.25) is 5.91 Å². The lowest BCUT2D eigenvalue weighted by molar-refractivity contribution is -0.134. The highest BCUT2D eigenvalue weighted by molar-refractivity contribution is 6.02. The molecular formula is C27H33N3O4. The first kappa shape index (κ1) is 22.6. The summed E-state index contributed by atoms with van der Waals surface area (Å²) >= 11 is 0. The number of aromatic nitrogens is 1. The van der Waals surface area contributed by atoms with Crippen molar-refractivity contribution in [2.75, 3.05) is 7.11 Å². The highest BCUT2D eigenvalue weighted by Crippen LogP contribution is 2.35. The summed E-state index contributed by atoms with van der Waals surface area (Å²) in [6.07, 6.45) is 4.90. The average Bonchev–Trinajstić information content (AvgIpc) is 3.42. The maximum Gasteiger partial charge on any atom is 0.271 e. The molecule has 180 valence electrons. The second-order valence-electron chi connectivity index (χ2n) is 10.1. The van der Waals surface area contributed by atoms with E-state index in [0.717, 1.165) is 29.7 Å². The molecule has 1 aromatic carbocycles. The van der Waals surface area contributed by atoms with Crippen molar-refractivity contribution < 1.29 is 18.7 Å². The minimum Gasteiger partial charge on any atom is -0.497 e. The van der Waals surface area contributed by atoms with E-state index in [-0.39, 0.29) is 17.9 Å². The smallest absolute Gasteiger partial charge is 0.271 e. The van der Waals surface area contributed by atoms with Gasteiger partial charge in [-0.3, -0.25) is 9.59 Å². The highest BCUT2D eigenvalue weighted by atomic mass is 16.5. The maximum absolute atomic E-state index is 13.9. The van der Waals surface area contributed by atoms with Crippen molar-refractivity contribution in [2.24, 2.45) is 11.8 Å². The van der Waals surface area contributed by atoms with Crippen molar-refractivity contribution in [3.8, 4) is 5.75 Å². The van der Waals surface area contributed by atoms with Crippen LogP contribution >= 0.6 is 0 Å². The SMILES string of the molecule is COc1ccc(CN2C(=O)c3cc4occc4n3C[C@]2(C)C(=O)N[C@@H]2CCC[C@H](C)[C@H]2C)cc1. The Morgan fingerprint density at radius 3 is 2.71 bits per heavy atom. The molecule has 34 heavy (non-hydrogen) atoms. The Labute approximate surface area is 200 Å². The Kier molecular flexibility index (Phi) is 5.66. The topological polar surface area (TPSA) is 76.7 Å². The molecule has 0 radical (unpaired) electrons. The van der Waals surface area contributed by atoms with Crippen molar-refractivity contribution in [1.29, 1.82) is 0 Å². The van der Waals surface area contributed by atoms with Crippen LogP contribution in [0.3, 0.4) is 0 Å². The Morgan fingerprint density at radius 2 is 1.97 bits per heavy atom. The van der Waals surface area contributed by atoms with Gasteiger partial charge >= 0.3 is 0 Å². The Balaban J connectivity index is 1.51. The van der Waals surface area contributed by atoms with Crippen molar-refractivity contribution in [3.63, 3.8) is 0 Å². The molecule has 0 bridgehead atoms. The highest BCUT2D eigenvalue weighted by Gasteiger charge is 2.48. The predicted molar refractivity (Wildman–Crippen MR) is 130 cm³/mol. The summed E-state index contributed by atoms with van der Waals surface area (Å²) in [7, 11) is 1.63. The molecule has 0 saturated heterocycles. The first-order chi connectivity index (χ1) is 16.3. The van der Waals surface area contributed by atoms with Gasteiger partial charge in [0.15, 0.2) is 5.58 Å². The number of furan rings is 1. The summed E-state index contributed by atoms with van der Waals surface area (Å²) in [6, 6.07) is 11.4. The Morgan fingerprint density at radius 1 is 1.21 bits per heavy atom. The van der Waals surface area contributed by atoms with Crippen LogP contribution in [0.2, 0.25) is 0 Å². The van der Waals surface area contributed by atoms with Crippen LogP contribution in [0.25, 0.3) is 11.1 Å². The number of hydrogen-bond donors (Lipinski definition) is 1. The van der Waals surface area contributed by atoms with Crippen LogP contribution in [-0.2, 0) is 17.9 Å². The van der Waals surface area contributed by atoms with Crippen LogP contribution in [0, 0.1) is 11.8 Å². The third-order valence-corrected chi connectivity index (χ3v) is 8.06. The molecule has 4 atom stereocenters. The molecule has 0 spiro atoms. The number of methoxy groups -OCH3 is 1. The number of hydrogen-bond acceptors (Lipinski definition) is 4. The lowest BCUT2D eigenvalue weighted by Crippen LogP contribution is -2.65. The minimum atomic E-state index is -1.05. The number of benzene rings is 1. The molecule has 1 N–H and O–H groups in total. The molecule has 0 unspecified atom stereocenters. The van der Waals surface area contributed by atoms with Gasteiger partial charge < -0.3 is 23.9 Å². The number of amides is 2. The average molecular weight is 464 g/mol. The maximum atomic E-state index is 13.9. The molecule has 5 rings (SSSR count). The Hall–Kier alpha value is -3.22. The van der Waals surface area contributed by atoms with E-state index < -0.39 is 5.54 Å². The third-order valence-electron chi connectivity index (χ3n) is 8.06. The van der Waals surface area contributed by atoms with Gasteiger partial charge in [0.05, 0.1) is 25.4 Å². The fourth-order valence-electron chi connectivity index (χ4n) is 5.54. The van der Waals surface area contributed by atoms with Crippen LogP contribution in [-0.4, -0.2) is 40.0 Å². The zero-order chi connectivity index (χ0) is 24.0. The zero-order valence-electron chi connectivity index (χ0n) is 20.3. The minimum absolute atomic E-state index is 0.101. The number of nitrogens with zero attached hydrogens (tertiary/aromatic N) is 2. The largest absolute Gasteiger partial charge is 0.497 e. The van der Waals surface area contributed by atoms with Gasteiger partial charge in [-0.05, 0) is 42.9 Å². The zero-order valence-corrected chi connectivity index (χ0v) is 20.3. The van der Waals surface area contributed by atoms with Crippen LogP contribution < -0.4 is 10.1 Å². The van der Waals surface area contributed by atoms with E-state index >= 15 is 0 Å². The van der Waals surface area contributed by atoms with Gasteiger partial charge in [0, 0.05) is 24.7 Å². The van der Waals surface area contributed by atoms with Crippen molar-refractivity contribution in [2.45, 2.75) is 64.7 Å². The second kappa shape index (κ2) is 8.53. The number of rotatable bonds is 5. The van der Waals surface area contributed by atoms with Crippen LogP contribution in [0.5, 0.6) is 5.75 Å². The quantitative estimate of drug-likeness (QED) is 0.600. The number of fused-ring (bicyclic) bond motifs is 3. The lowest BCUT2D eigenvalue weighted by Gasteiger charge is -2.45. The van der Waals surface area contributed by atoms with E-state index in [0.29, 0.717) is 36.2 Å². The van der Waals surface area contributed by atoms with Gasteiger partial charge in [-0.25, -0.2) is 0 Å². The summed E-state index contributed by atoms with van der Waals surface area (Å²) in [6.45, 7) is 7.06. The molecular weight excluding hydrogens is 430 g/mol. The number of carbonyl (C=O) groups excluding carboxylic acids is 2. The second-order valence-corrected chi connectivity index (χ2v) is 10.1. The molecule has 1 saturated carbocycles. The van der Waals surface area contributed by atoms with E-state index in [1.165, 1.54) is 6.42 Å². The van der Waals surface area contributed by atoms with Crippen LogP contribution in [0.1, 0.15) is 56.1 Å². The van der Waals surface area contributed by atoms with Gasteiger partial charge in [0.1, 0.15) is 17.0 Å². The Bertz CT molecular complexity index is 1210. The monoisotopic (exact) mass is 463 g/mol. The molecule has 7 nitrogen and oxygen atoms in total. The normalized spacial score (nSPS) is 27.0. The van der Waals surface area contributed by atoms with Gasteiger partial charge in [-0.1, -0.05) is 38.8 Å². The third kappa shape index (κ3) is 3.67. The number of carbonyl (C=O) groups is 2. The molecule has 1 aliphatic heterocycles. The van der Waals surface area contributed by atoms with E-state index in [9.17, 15) is 9.59 Å².